The first-order valence-corrected chi connectivity index (χ1v) is 9.94. The Labute approximate surface area is 135 Å². The maximum atomic E-state index is 6.41. The summed E-state index contributed by atoms with van der Waals surface area (Å²) in [6.07, 6.45) is 5.49. The lowest BCUT2D eigenvalue weighted by Gasteiger charge is -2.61. The van der Waals surface area contributed by atoms with E-state index in [9.17, 15) is 0 Å². The second-order valence-electron chi connectivity index (χ2n) is 8.07. The molecule has 2 N–H and O–H groups in total. The summed E-state index contributed by atoms with van der Waals surface area (Å²) in [7, 11) is 0. The zero-order chi connectivity index (χ0) is 15.1. The number of nitrogens with zero attached hydrogens (tertiary/aromatic N) is 2. The molecule has 0 aromatic carbocycles. The molecule has 0 bridgehead atoms. The van der Waals surface area contributed by atoms with Gasteiger partial charge in [-0.3, -0.25) is 9.80 Å². The van der Waals surface area contributed by atoms with Gasteiger partial charge in [0.1, 0.15) is 0 Å². The number of thioether (sulfide) groups is 1. The Morgan fingerprint density at radius 2 is 2.05 bits per heavy atom. The first-order valence-electron chi connectivity index (χ1n) is 8.79. The Morgan fingerprint density at radius 3 is 2.76 bits per heavy atom. The summed E-state index contributed by atoms with van der Waals surface area (Å²) in [5, 5.41) is 0. The highest BCUT2D eigenvalue weighted by atomic mass is 32.2. The average Bonchev–Trinajstić information content (AvgIpc) is 2.47. The summed E-state index contributed by atoms with van der Waals surface area (Å²) in [5.41, 5.74) is 6.93. The largest absolute Gasteiger partial charge is 0.329 e. The van der Waals surface area contributed by atoms with Crippen LogP contribution < -0.4 is 5.73 Å². The Bertz CT molecular complexity index is 373. The fourth-order valence-electron chi connectivity index (χ4n) is 4.87. The number of piperidine rings is 1. The monoisotopic (exact) mass is 311 g/mol. The Balaban J connectivity index is 1.85. The van der Waals surface area contributed by atoms with Crippen molar-refractivity contribution in [3.05, 3.63) is 0 Å². The number of rotatable bonds is 2. The SMILES string of the molecule is CC1CN2CCCCC2CN1C1(CN)CSCCC1(C)C. The van der Waals surface area contributed by atoms with Crippen molar-refractivity contribution in [3.63, 3.8) is 0 Å². The van der Waals surface area contributed by atoms with Crippen LogP contribution in [0.3, 0.4) is 0 Å². The standard InChI is InChI=1S/C17H33N3S/c1-14-10-19-8-5-4-6-15(19)11-20(14)17(12-18)13-21-9-7-16(17,2)3/h14-15H,4-13,18H2,1-3H3. The second-order valence-corrected chi connectivity index (χ2v) is 9.17. The summed E-state index contributed by atoms with van der Waals surface area (Å²) >= 11 is 2.12. The molecule has 0 saturated carbocycles. The molecule has 122 valence electrons. The highest BCUT2D eigenvalue weighted by molar-refractivity contribution is 7.99. The summed E-state index contributed by atoms with van der Waals surface area (Å²) < 4.78 is 0. The van der Waals surface area contributed by atoms with Crippen LogP contribution in [-0.2, 0) is 0 Å². The van der Waals surface area contributed by atoms with Crippen molar-refractivity contribution in [2.24, 2.45) is 11.1 Å². The third kappa shape index (κ3) is 2.66. The molecule has 0 spiro atoms. The quantitative estimate of drug-likeness (QED) is 0.849. The van der Waals surface area contributed by atoms with Gasteiger partial charge in [-0.15, -0.1) is 0 Å². The van der Waals surface area contributed by atoms with Gasteiger partial charge >= 0.3 is 0 Å². The van der Waals surface area contributed by atoms with Crippen LogP contribution in [0.15, 0.2) is 0 Å². The molecular formula is C17H33N3S. The van der Waals surface area contributed by atoms with Gasteiger partial charge in [-0.25, -0.2) is 0 Å². The van der Waals surface area contributed by atoms with E-state index in [4.69, 9.17) is 5.73 Å². The molecule has 3 aliphatic heterocycles. The molecule has 0 aliphatic carbocycles. The maximum Gasteiger partial charge on any atom is 0.0476 e. The van der Waals surface area contributed by atoms with Crippen LogP contribution in [0.4, 0.5) is 0 Å². The van der Waals surface area contributed by atoms with Gasteiger partial charge in [0.05, 0.1) is 0 Å². The molecule has 3 fully saturated rings. The number of hydrogen-bond acceptors (Lipinski definition) is 4. The van der Waals surface area contributed by atoms with Gasteiger partial charge in [-0.2, -0.15) is 11.8 Å². The van der Waals surface area contributed by atoms with E-state index in [0.29, 0.717) is 11.5 Å². The van der Waals surface area contributed by atoms with Crippen molar-refractivity contribution in [1.82, 2.24) is 9.80 Å². The topological polar surface area (TPSA) is 32.5 Å². The first kappa shape index (κ1) is 16.1. The van der Waals surface area contributed by atoms with E-state index in [1.54, 1.807) is 0 Å². The molecular weight excluding hydrogens is 278 g/mol. The van der Waals surface area contributed by atoms with Crippen molar-refractivity contribution in [3.8, 4) is 0 Å². The summed E-state index contributed by atoms with van der Waals surface area (Å²) in [6.45, 7) is 12.0. The average molecular weight is 312 g/mol. The predicted molar refractivity (Wildman–Crippen MR) is 92.9 cm³/mol. The fourth-order valence-corrected chi connectivity index (χ4v) is 6.68. The van der Waals surface area contributed by atoms with Gasteiger partial charge in [0.2, 0.25) is 0 Å². The van der Waals surface area contributed by atoms with Crippen LogP contribution in [0.25, 0.3) is 0 Å². The maximum absolute atomic E-state index is 6.41. The van der Waals surface area contributed by atoms with E-state index in [0.717, 1.165) is 12.6 Å². The lowest BCUT2D eigenvalue weighted by molar-refractivity contribution is -0.0835. The summed E-state index contributed by atoms with van der Waals surface area (Å²) in [6, 6.07) is 1.42. The highest BCUT2D eigenvalue weighted by Gasteiger charge is 2.53. The lowest BCUT2D eigenvalue weighted by Crippen LogP contribution is -2.73. The minimum Gasteiger partial charge on any atom is -0.329 e. The number of piperazine rings is 1. The fraction of sp³-hybridized carbons (Fsp3) is 1.00. The second kappa shape index (κ2) is 6.03. The molecule has 3 atom stereocenters. The lowest BCUT2D eigenvalue weighted by atomic mass is 9.68. The molecule has 3 heterocycles. The molecule has 3 aliphatic rings. The van der Waals surface area contributed by atoms with Crippen molar-refractivity contribution < 1.29 is 0 Å². The van der Waals surface area contributed by atoms with E-state index >= 15 is 0 Å². The Kier molecular flexibility index (Phi) is 4.62. The number of fused-ring (bicyclic) bond motifs is 1. The van der Waals surface area contributed by atoms with Crippen molar-refractivity contribution >= 4 is 11.8 Å². The van der Waals surface area contributed by atoms with Gasteiger partial charge in [-0.05, 0) is 43.9 Å². The van der Waals surface area contributed by atoms with E-state index in [2.05, 4.69) is 42.3 Å². The number of nitrogens with two attached hydrogens (primary N) is 1. The minimum absolute atomic E-state index is 0.193. The molecule has 0 amide bonds. The van der Waals surface area contributed by atoms with Gasteiger partial charge < -0.3 is 5.73 Å². The molecule has 3 saturated heterocycles. The zero-order valence-electron chi connectivity index (χ0n) is 14.1. The van der Waals surface area contributed by atoms with Crippen molar-refractivity contribution in [1.29, 1.82) is 0 Å². The number of hydrogen-bond donors (Lipinski definition) is 1. The van der Waals surface area contributed by atoms with E-state index in [1.807, 2.05) is 0 Å². The van der Waals surface area contributed by atoms with Crippen molar-refractivity contribution in [2.45, 2.75) is 64.1 Å². The normalized spacial score (nSPS) is 41.7. The van der Waals surface area contributed by atoms with Crippen LogP contribution in [0.5, 0.6) is 0 Å². The Morgan fingerprint density at radius 1 is 1.24 bits per heavy atom. The summed E-state index contributed by atoms with van der Waals surface area (Å²) in [4.78, 5) is 5.57. The van der Waals surface area contributed by atoms with E-state index in [1.165, 1.54) is 56.8 Å². The van der Waals surface area contributed by atoms with E-state index < -0.39 is 0 Å². The predicted octanol–water partition coefficient (Wildman–Crippen LogP) is 2.41. The molecule has 0 aromatic rings. The molecule has 0 aromatic heterocycles. The van der Waals surface area contributed by atoms with E-state index in [-0.39, 0.29) is 5.54 Å². The van der Waals surface area contributed by atoms with Gasteiger partial charge in [-0.1, -0.05) is 20.3 Å². The van der Waals surface area contributed by atoms with Crippen LogP contribution in [0, 0.1) is 5.41 Å². The smallest absolute Gasteiger partial charge is 0.0476 e. The van der Waals surface area contributed by atoms with Gasteiger partial charge in [0.25, 0.3) is 0 Å². The van der Waals surface area contributed by atoms with Crippen LogP contribution in [0.1, 0.15) is 46.5 Å². The zero-order valence-corrected chi connectivity index (χ0v) is 14.9. The highest BCUT2D eigenvalue weighted by Crippen LogP contribution is 2.47. The molecule has 0 radical (unpaired) electrons. The third-order valence-electron chi connectivity index (χ3n) is 6.55. The van der Waals surface area contributed by atoms with Gasteiger partial charge in [0.15, 0.2) is 0 Å². The molecule has 3 unspecified atom stereocenters. The molecule has 3 nitrogen and oxygen atoms in total. The third-order valence-corrected chi connectivity index (χ3v) is 7.72. The Hall–Kier alpha value is 0.230. The minimum atomic E-state index is 0.193. The summed E-state index contributed by atoms with van der Waals surface area (Å²) in [5.74, 6) is 2.51. The molecule has 4 heteroatoms. The van der Waals surface area contributed by atoms with Gasteiger partial charge in [0, 0.05) is 43.0 Å². The first-order chi connectivity index (χ1) is 10.00. The molecule has 3 rings (SSSR count). The van der Waals surface area contributed by atoms with Crippen LogP contribution >= 0.6 is 11.8 Å². The van der Waals surface area contributed by atoms with Crippen LogP contribution in [0.2, 0.25) is 0 Å². The molecule has 21 heavy (non-hydrogen) atoms. The van der Waals surface area contributed by atoms with Crippen molar-refractivity contribution in [2.75, 3.05) is 37.7 Å². The van der Waals surface area contributed by atoms with Crippen LogP contribution in [-0.4, -0.2) is 65.1 Å².